The van der Waals surface area contributed by atoms with Crippen LogP contribution in [0.25, 0.3) is 10.9 Å². The van der Waals surface area contributed by atoms with Gasteiger partial charge in [0.1, 0.15) is 0 Å². The summed E-state index contributed by atoms with van der Waals surface area (Å²) in [7, 11) is 0. The minimum absolute atomic E-state index is 0.0488. The van der Waals surface area contributed by atoms with Crippen molar-refractivity contribution in [2.45, 2.75) is 19.5 Å². The van der Waals surface area contributed by atoms with Gasteiger partial charge in [0.2, 0.25) is 5.91 Å². The molecule has 1 amide bonds. The van der Waals surface area contributed by atoms with Gasteiger partial charge in [0, 0.05) is 36.2 Å². The van der Waals surface area contributed by atoms with Gasteiger partial charge in [-0.05, 0) is 35.2 Å². The highest BCUT2D eigenvalue weighted by atomic mass is 35.5. The topological polar surface area (TPSA) is 34.0 Å². The Morgan fingerprint density at radius 2 is 1.82 bits per heavy atom. The standard InChI is InChI=1S/C18H17ClN2O/c19-16-7-5-14(6-8-16)13-20-18(22)10-12-21-11-9-15-3-1-2-4-17(15)21/h1-9,11H,10,12-13H2,(H,20,22). The number of aromatic nitrogens is 1. The second-order valence-electron chi connectivity index (χ2n) is 5.22. The van der Waals surface area contributed by atoms with E-state index in [0.29, 0.717) is 24.5 Å². The third-order valence-electron chi connectivity index (χ3n) is 3.66. The zero-order valence-electron chi connectivity index (χ0n) is 12.1. The van der Waals surface area contributed by atoms with Crippen molar-refractivity contribution < 1.29 is 4.79 Å². The largest absolute Gasteiger partial charge is 0.352 e. The predicted octanol–water partition coefficient (Wildman–Crippen LogP) is 4.00. The van der Waals surface area contributed by atoms with Crippen molar-refractivity contribution in [3.05, 3.63) is 71.4 Å². The molecule has 0 atom stereocenters. The minimum atomic E-state index is 0.0488. The molecule has 0 radical (unpaired) electrons. The highest BCUT2D eigenvalue weighted by molar-refractivity contribution is 6.30. The van der Waals surface area contributed by atoms with E-state index >= 15 is 0 Å². The number of benzene rings is 2. The van der Waals surface area contributed by atoms with Gasteiger partial charge in [-0.25, -0.2) is 0 Å². The van der Waals surface area contributed by atoms with Gasteiger partial charge in [0.15, 0.2) is 0 Å². The number of halogens is 1. The number of para-hydroxylation sites is 1. The third kappa shape index (κ3) is 3.49. The fourth-order valence-electron chi connectivity index (χ4n) is 2.45. The molecule has 1 aromatic heterocycles. The molecule has 0 saturated carbocycles. The zero-order valence-corrected chi connectivity index (χ0v) is 12.9. The Morgan fingerprint density at radius 3 is 2.64 bits per heavy atom. The van der Waals surface area contributed by atoms with Crippen molar-refractivity contribution in [2.24, 2.45) is 0 Å². The first kappa shape index (κ1) is 14.7. The van der Waals surface area contributed by atoms with Crippen LogP contribution in [0, 0.1) is 0 Å². The van der Waals surface area contributed by atoms with Gasteiger partial charge in [-0.3, -0.25) is 4.79 Å². The minimum Gasteiger partial charge on any atom is -0.352 e. The molecule has 112 valence electrons. The van der Waals surface area contributed by atoms with Gasteiger partial charge >= 0.3 is 0 Å². The van der Waals surface area contributed by atoms with Gasteiger partial charge in [0.25, 0.3) is 0 Å². The molecule has 1 heterocycles. The van der Waals surface area contributed by atoms with E-state index in [4.69, 9.17) is 11.6 Å². The van der Waals surface area contributed by atoms with E-state index in [1.165, 1.54) is 5.39 Å². The summed E-state index contributed by atoms with van der Waals surface area (Å²) in [5.41, 5.74) is 2.21. The highest BCUT2D eigenvalue weighted by Crippen LogP contribution is 2.15. The molecule has 1 N–H and O–H groups in total. The quantitative estimate of drug-likeness (QED) is 0.759. The lowest BCUT2D eigenvalue weighted by Gasteiger charge is -2.07. The Morgan fingerprint density at radius 1 is 1.05 bits per heavy atom. The molecule has 0 unspecified atom stereocenters. The van der Waals surface area contributed by atoms with Crippen LogP contribution < -0.4 is 5.32 Å². The molecule has 0 aliphatic carbocycles. The summed E-state index contributed by atoms with van der Waals surface area (Å²) in [6.07, 6.45) is 2.49. The SMILES string of the molecule is O=C(CCn1ccc2ccccc21)NCc1ccc(Cl)cc1. The number of hydrogen-bond acceptors (Lipinski definition) is 1. The second kappa shape index (κ2) is 6.67. The predicted molar refractivity (Wildman–Crippen MR) is 89.9 cm³/mol. The molecule has 0 fully saturated rings. The molecule has 3 rings (SSSR count). The molecule has 0 aliphatic rings. The summed E-state index contributed by atoms with van der Waals surface area (Å²) in [6, 6.07) is 17.7. The summed E-state index contributed by atoms with van der Waals surface area (Å²) in [5, 5.41) is 4.84. The zero-order chi connectivity index (χ0) is 15.4. The fourth-order valence-corrected chi connectivity index (χ4v) is 2.57. The molecule has 3 nitrogen and oxygen atoms in total. The number of rotatable bonds is 5. The molecule has 0 bridgehead atoms. The number of carbonyl (C=O) groups excluding carboxylic acids is 1. The number of nitrogens with zero attached hydrogens (tertiary/aromatic N) is 1. The van der Waals surface area contributed by atoms with E-state index in [9.17, 15) is 4.79 Å². The van der Waals surface area contributed by atoms with Gasteiger partial charge < -0.3 is 9.88 Å². The van der Waals surface area contributed by atoms with Gasteiger partial charge in [-0.1, -0.05) is 41.9 Å². The summed E-state index contributed by atoms with van der Waals surface area (Å²) >= 11 is 5.84. The summed E-state index contributed by atoms with van der Waals surface area (Å²) in [5.74, 6) is 0.0488. The third-order valence-corrected chi connectivity index (χ3v) is 3.91. The van der Waals surface area contributed by atoms with E-state index in [1.54, 1.807) is 0 Å². The molecule has 0 saturated heterocycles. The molecule has 2 aromatic carbocycles. The van der Waals surface area contributed by atoms with Crippen molar-refractivity contribution in [2.75, 3.05) is 0 Å². The summed E-state index contributed by atoms with van der Waals surface area (Å²) in [4.78, 5) is 12.0. The van der Waals surface area contributed by atoms with Crippen LogP contribution in [0.1, 0.15) is 12.0 Å². The van der Waals surface area contributed by atoms with Crippen LogP contribution in [-0.4, -0.2) is 10.5 Å². The van der Waals surface area contributed by atoms with Crippen LogP contribution in [0.4, 0.5) is 0 Å². The van der Waals surface area contributed by atoms with Crippen molar-refractivity contribution in [3.63, 3.8) is 0 Å². The molecule has 3 aromatic rings. The Balaban J connectivity index is 1.53. The van der Waals surface area contributed by atoms with Crippen molar-refractivity contribution in [1.82, 2.24) is 9.88 Å². The van der Waals surface area contributed by atoms with Crippen LogP contribution in [0.3, 0.4) is 0 Å². The molecule has 4 heteroatoms. The van der Waals surface area contributed by atoms with E-state index in [1.807, 2.05) is 42.6 Å². The van der Waals surface area contributed by atoms with Crippen LogP contribution in [-0.2, 0) is 17.9 Å². The number of aryl methyl sites for hydroxylation is 1. The van der Waals surface area contributed by atoms with Crippen molar-refractivity contribution in [3.8, 4) is 0 Å². The lowest BCUT2D eigenvalue weighted by Crippen LogP contribution is -2.23. The van der Waals surface area contributed by atoms with Crippen molar-refractivity contribution >= 4 is 28.4 Å². The van der Waals surface area contributed by atoms with Crippen LogP contribution in [0.2, 0.25) is 5.02 Å². The maximum Gasteiger partial charge on any atom is 0.222 e. The van der Waals surface area contributed by atoms with E-state index < -0.39 is 0 Å². The van der Waals surface area contributed by atoms with E-state index in [-0.39, 0.29) is 5.91 Å². The van der Waals surface area contributed by atoms with Gasteiger partial charge in [-0.2, -0.15) is 0 Å². The normalized spacial score (nSPS) is 10.8. The van der Waals surface area contributed by atoms with Gasteiger partial charge in [-0.15, -0.1) is 0 Å². The maximum absolute atomic E-state index is 12.0. The number of nitrogens with one attached hydrogen (secondary N) is 1. The second-order valence-corrected chi connectivity index (χ2v) is 5.66. The lowest BCUT2D eigenvalue weighted by atomic mass is 10.2. The maximum atomic E-state index is 12.0. The van der Waals surface area contributed by atoms with E-state index in [0.717, 1.165) is 11.1 Å². The first-order chi connectivity index (χ1) is 10.7. The van der Waals surface area contributed by atoms with Gasteiger partial charge in [0.05, 0.1) is 0 Å². The first-order valence-electron chi connectivity index (χ1n) is 7.27. The Bertz CT molecular complexity index is 777. The number of amides is 1. The summed E-state index contributed by atoms with van der Waals surface area (Å²) in [6.45, 7) is 1.21. The monoisotopic (exact) mass is 312 g/mol. The van der Waals surface area contributed by atoms with E-state index in [2.05, 4.69) is 28.1 Å². The Hall–Kier alpha value is -2.26. The van der Waals surface area contributed by atoms with Crippen LogP contribution in [0.15, 0.2) is 60.8 Å². The molecule has 0 spiro atoms. The molecule has 0 aliphatic heterocycles. The lowest BCUT2D eigenvalue weighted by molar-refractivity contribution is -0.121. The average molecular weight is 313 g/mol. The average Bonchev–Trinajstić information content (AvgIpc) is 2.96. The Labute approximate surface area is 134 Å². The van der Waals surface area contributed by atoms with Crippen LogP contribution in [0.5, 0.6) is 0 Å². The first-order valence-corrected chi connectivity index (χ1v) is 7.65. The molecule has 22 heavy (non-hydrogen) atoms. The highest BCUT2D eigenvalue weighted by Gasteiger charge is 2.04. The van der Waals surface area contributed by atoms with Crippen molar-refractivity contribution in [1.29, 1.82) is 0 Å². The number of hydrogen-bond donors (Lipinski definition) is 1. The smallest absolute Gasteiger partial charge is 0.222 e. The Kier molecular flexibility index (Phi) is 4.45. The summed E-state index contributed by atoms with van der Waals surface area (Å²) < 4.78 is 2.11. The number of carbonyl (C=O) groups is 1. The molecular formula is C18H17ClN2O. The number of fused-ring (bicyclic) bond motifs is 1. The van der Waals surface area contributed by atoms with Crippen LogP contribution >= 0.6 is 11.6 Å². The fraction of sp³-hybridized carbons (Fsp3) is 0.167. The molecular weight excluding hydrogens is 296 g/mol.